The van der Waals surface area contributed by atoms with Gasteiger partial charge in [-0.2, -0.15) is 0 Å². The van der Waals surface area contributed by atoms with Crippen LogP contribution in [-0.2, 0) is 4.74 Å². The summed E-state index contributed by atoms with van der Waals surface area (Å²) in [6, 6.07) is 9.95. The monoisotopic (exact) mass is 417 g/mol. The molecule has 1 aliphatic heterocycles. The summed E-state index contributed by atoms with van der Waals surface area (Å²) in [6.07, 6.45) is -0.576. The Kier molecular flexibility index (Phi) is 7.02. The maximum Gasteiger partial charge on any atom is 0.254 e. The number of hydrogen-bond donors (Lipinski definition) is 1. The molecule has 0 spiro atoms. The summed E-state index contributed by atoms with van der Waals surface area (Å²) in [6.45, 7) is 0.458. The molecule has 2 aromatic rings. The fourth-order valence-corrected chi connectivity index (χ4v) is 3.64. The summed E-state index contributed by atoms with van der Waals surface area (Å²) in [5.74, 6) is 1.94. The lowest BCUT2D eigenvalue weighted by Crippen LogP contribution is -2.49. The van der Waals surface area contributed by atoms with Crippen molar-refractivity contribution in [1.29, 1.82) is 0 Å². The summed E-state index contributed by atoms with van der Waals surface area (Å²) in [4.78, 5) is 15.2. The minimum absolute atomic E-state index is 0.214. The Morgan fingerprint density at radius 3 is 2.23 bits per heavy atom. The summed E-state index contributed by atoms with van der Waals surface area (Å²) in [5.41, 5.74) is 1.20. The van der Waals surface area contributed by atoms with Gasteiger partial charge in [-0.15, -0.1) is 0 Å². The summed E-state index contributed by atoms with van der Waals surface area (Å²) in [7, 11) is 6.18. The van der Waals surface area contributed by atoms with Gasteiger partial charge in [-0.25, -0.2) is 0 Å². The van der Waals surface area contributed by atoms with Crippen LogP contribution in [0.4, 0.5) is 0 Å². The number of carbonyl (C=O) groups is 1. The van der Waals surface area contributed by atoms with E-state index in [1.54, 1.807) is 49.5 Å². The molecule has 2 aromatic carbocycles. The number of methoxy groups -OCH3 is 4. The van der Waals surface area contributed by atoms with Crippen molar-refractivity contribution < 1.29 is 33.6 Å². The predicted octanol–water partition coefficient (Wildman–Crippen LogP) is 2.30. The van der Waals surface area contributed by atoms with Gasteiger partial charge in [0.2, 0.25) is 0 Å². The van der Waals surface area contributed by atoms with Crippen LogP contribution in [0, 0.1) is 0 Å². The van der Waals surface area contributed by atoms with Gasteiger partial charge >= 0.3 is 0 Å². The Labute approximate surface area is 175 Å². The van der Waals surface area contributed by atoms with Crippen molar-refractivity contribution in [2.75, 3.05) is 48.2 Å². The lowest BCUT2D eigenvalue weighted by Gasteiger charge is -2.41. The molecule has 0 bridgehead atoms. The van der Waals surface area contributed by atoms with Gasteiger partial charge in [-0.3, -0.25) is 4.79 Å². The molecular weight excluding hydrogens is 390 g/mol. The molecule has 1 saturated heterocycles. The molecule has 1 N–H and O–H groups in total. The standard InChI is InChI=1S/C22H27NO7/c1-26-16-9-15(10-17(12-16)27-2)22(25)23-7-8-30-20(13-24)21(23)14-5-6-18(28-3)19(11-14)29-4/h5-6,9-12,20-21,24H,7-8,13H2,1-4H3/t20-,21-/m1/s1. The normalized spacial score (nSPS) is 18.6. The molecule has 3 rings (SSSR count). The number of aliphatic hydroxyl groups excluding tert-OH is 1. The summed E-state index contributed by atoms with van der Waals surface area (Å²) < 4.78 is 27.1. The largest absolute Gasteiger partial charge is 0.497 e. The first-order valence-electron chi connectivity index (χ1n) is 9.54. The van der Waals surface area contributed by atoms with Gasteiger partial charge in [0, 0.05) is 18.2 Å². The molecule has 2 atom stereocenters. The number of rotatable bonds is 7. The van der Waals surface area contributed by atoms with Gasteiger partial charge in [0.15, 0.2) is 11.5 Å². The lowest BCUT2D eigenvalue weighted by atomic mass is 9.96. The predicted molar refractivity (Wildman–Crippen MR) is 110 cm³/mol. The maximum absolute atomic E-state index is 13.5. The third-order valence-electron chi connectivity index (χ3n) is 5.14. The molecule has 162 valence electrons. The van der Waals surface area contributed by atoms with E-state index >= 15 is 0 Å². The van der Waals surface area contributed by atoms with Crippen LogP contribution in [0.2, 0.25) is 0 Å². The number of carbonyl (C=O) groups excluding carboxylic acids is 1. The van der Waals surface area contributed by atoms with Crippen molar-refractivity contribution in [3.05, 3.63) is 47.5 Å². The second kappa shape index (κ2) is 9.69. The molecular formula is C22H27NO7. The summed E-state index contributed by atoms with van der Waals surface area (Å²) in [5, 5.41) is 9.93. The van der Waals surface area contributed by atoms with Crippen molar-refractivity contribution in [1.82, 2.24) is 4.90 Å². The highest BCUT2D eigenvalue weighted by Gasteiger charge is 2.37. The van der Waals surface area contributed by atoms with Crippen molar-refractivity contribution >= 4 is 5.91 Å². The van der Waals surface area contributed by atoms with E-state index in [4.69, 9.17) is 23.7 Å². The second-order valence-electron chi connectivity index (χ2n) is 6.75. The molecule has 30 heavy (non-hydrogen) atoms. The van der Waals surface area contributed by atoms with Crippen molar-refractivity contribution in [3.8, 4) is 23.0 Å². The van der Waals surface area contributed by atoms with Crippen molar-refractivity contribution in [3.63, 3.8) is 0 Å². The van der Waals surface area contributed by atoms with E-state index in [9.17, 15) is 9.90 Å². The first-order chi connectivity index (χ1) is 14.6. The fourth-order valence-electron chi connectivity index (χ4n) is 3.64. The number of hydrogen-bond acceptors (Lipinski definition) is 7. The number of benzene rings is 2. The van der Waals surface area contributed by atoms with E-state index in [1.807, 2.05) is 6.07 Å². The minimum atomic E-state index is -0.576. The number of nitrogens with zero attached hydrogens (tertiary/aromatic N) is 1. The van der Waals surface area contributed by atoms with Crippen molar-refractivity contribution in [2.45, 2.75) is 12.1 Å². The Morgan fingerprint density at radius 1 is 1.00 bits per heavy atom. The van der Waals surface area contributed by atoms with Crippen LogP contribution in [-0.4, -0.2) is 70.2 Å². The van der Waals surface area contributed by atoms with Crippen LogP contribution in [0.3, 0.4) is 0 Å². The maximum atomic E-state index is 13.5. The Bertz CT molecular complexity index is 864. The average molecular weight is 417 g/mol. The fraction of sp³-hybridized carbons (Fsp3) is 0.409. The van der Waals surface area contributed by atoms with Gasteiger partial charge in [-0.1, -0.05) is 6.07 Å². The highest BCUT2D eigenvalue weighted by Crippen LogP contribution is 2.37. The molecule has 8 nitrogen and oxygen atoms in total. The molecule has 0 unspecified atom stereocenters. The number of morpholine rings is 1. The Morgan fingerprint density at radius 2 is 1.67 bits per heavy atom. The highest BCUT2D eigenvalue weighted by molar-refractivity contribution is 5.95. The third-order valence-corrected chi connectivity index (χ3v) is 5.14. The molecule has 0 radical (unpaired) electrons. The van der Waals surface area contributed by atoms with Crippen LogP contribution in [0.25, 0.3) is 0 Å². The van der Waals surface area contributed by atoms with Crippen LogP contribution in [0.5, 0.6) is 23.0 Å². The molecule has 1 aliphatic rings. The van der Waals surface area contributed by atoms with Crippen LogP contribution in [0.1, 0.15) is 22.0 Å². The smallest absolute Gasteiger partial charge is 0.254 e. The van der Waals surface area contributed by atoms with Gasteiger partial charge in [0.05, 0.1) is 47.7 Å². The molecule has 8 heteroatoms. The van der Waals surface area contributed by atoms with E-state index < -0.39 is 12.1 Å². The van der Waals surface area contributed by atoms with E-state index in [1.165, 1.54) is 14.2 Å². The molecule has 1 fully saturated rings. The molecule has 1 heterocycles. The summed E-state index contributed by atoms with van der Waals surface area (Å²) >= 11 is 0. The highest BCUT2D eigenvalue weighted by atomic mass is 16.5. The van der Waals surface area contributed by atoms with Crippen molar-refractivity contribution in [2.24, 2.45) is 0 Å². The van der Waals surface area contributed by atoms with Gasteiger partial charge in [0.1, 0.15) is 17.6 Å². The molecule has 1 amide bonds. The zero-order chi connectivity index (χ0) is 21.7. The number of amides is 1. The molecule has 0 aliphatic carbocycles. The van der Waals surface area contributed by atoms with E-state index in [0.717, 1.165) is 5.56 Å². The van der Waals surface area contributed by atoms with E-state index in [-0.39, 0.29) is 12.5 Å². The SMILES string of the molecule is COc1cc(OC)cc(C(=O)N2CCO[C@H](CO)[C@H]2c2ccc(OC)c(OC)c2)c1. The Balaban J connectivity index is 2.02. The first kappa shape index (κ1) is 21.7. The van der Waals surface area contributed by atoms with Crippen LogP contribution < -0.4 is 18.9 Å². The lowest BCUT2D eigenvalue weighted by molar-refractivity contribution is -0.0811. The molecule has 0 saturated carbocycles. The van der Waals surface area contributed by atoms with Gasteiger partial charge in [-0.05, 0) is 29.8 Å². The minimum Gasteiger partial charge on any atom is -0.497 e. The third kappa shape index (κ3) is 4.29. The number of aliphatic hydroxyl groups is 1. The van der Waals surface area contributed by atoms with E-state index in [0.29, 0.717) is 41.7 Å². The van der Waals surface area contributed by atoms with Gasteiger partial charge < -0.3 is 33.7 Å². The zero-order valence-corrected chi connectivity index (χ0v) is 17.6. The topological polar surface area (TPSA) is 86.7 Å². The Hall–Kier alpha value is -2.97. The zero-order valence-electron chi connectivity index (χ0n) is 17.6. The average Bonchev–Trinajstić information content (AvgIpc) is 2.81. The number of ether oxygens (including phenoxy) is 5. The quantitative estimate of drug-likeness (QED) is 0.740. The van der Waals surface area contributed by atoms with Crippen LogP contribution >= 0.6 is 0 Å². The molecule has 0 aromatic heterocycles. The van der Waals surface area contributed by atoms with Gasteiger partial charge in [0.25, 0.3) is 5.91 Å². The first-order valence-corrected chi connectivity index (χ1v) is 9.54. The van der Waals surface area contributed by atoms with Crippen LogP contribution in [0.15, 0.2) is 36.4 Å². The van der Waals surface area contributed by atoms with E-state index in [2.05, 4.69) is 0 Å². The second-order valence-corrected chi connectivity index (χ2v) is 6.75.